The third-order valence-electron chi connectivity index (χ3n) is 4.02. The Bertz CT molecular complexity index is 1140. The van der Waals surface area contributed by atoms with Crippen LogP contribution in [0.2, 0.25) is 0 Å². The van der Waals surface area contributed by atoms with Gasteiger partial charge in [0.25, 0.3) is 5.56 Å². The summed E-state index contributed by atoms with van der Waals surface area (Å²) >= 11 is 1.45. The molecule has 0 bridgehead atoms. The van der Waals surface area contributed by atoms with E-state index in [-0.39, 0.29) is 5.56 Å². The molecule has 0 saturated carbocycles. The summed E-state index contributed by atoms with van der Waals surface area (Å²) in [7, 11) is 1.70. The molecule has 0 aliphatic rings. The number of hydrogen-bond donors (Lipinski definition) is 0. The maximum atomic E-state index is 12.5. The smallest absolute Gasteiger partial charge is 0.262 e. The summed E-state index contributed by atoms with van der Waals surface area (Å²) in [6.45, 7) is 4.23. The lowest BCUT2D eigenvalue weighted by molar-refractivity contribution is 0.382. The topological polar surface area (TPSA) is 91.1 Å². The highest BCUT2D eigenvalue weighted by molar-refractivity contribution is 7.98. The molecule has 0 unspecified atom stereocenters. The van der Waals surface area contributed by atoms with Gasteiger partial charge in [-0.3, -0.25) is 13.8 Å². The van der Waals surface area contributed by atoms with Crippen LogP contribution in [0.15, 0.2) is 38.7 Å². The van der Waals surface area contributed by atoms with E-state index in [1.54, 1.807) is 7.05 Å². The number of aryl methyl sites for hydroxylation is 1. The molecular weight excluding hydrogens is 352 g/mol. The minimum Gasteiger partial charge on any atom is -0.338 e. The molecule has 9 heteroatoms. The fraction of sp³-hybridized carbons (Fsp3) is 0.353. The summed E-state index contributed by atoms with van der Waals surface area (Å²) in [5.41, 5.74) is 0.691. The van der Waals surface area contributed by atoms with Gasteiger partial charge in [-0.1, -0.05) is 42.9 Å². The van der Waals surface area contributed by atoms with Gasteiger partial charge in [-0.15, -0.1) is 10.2 Å². The van der Waals surface area contributed by atoms with Crippen LogP contribution in [0, 0.1) is 5.92 Å². The lowest BCUT2D eigenvalue weighted by Gasteiger charge is -2.06. The second kappa shape index (κ2) is 6.56. The summed E-state index contributed by atoms with van der Waals surface area (Å²) in [6, 6.07) is 7.44. The SMILES string of the molecule is CC(C)Cc1noc(CSc2nnc3n(C)c(=O)c4ccccc4n23)n1. The predicted molar refractivity (Wildman–Crippen MR) is 98.1 cm³/mol. The van der Waals surface area contributed by atoms with Crippen molar-refractivity contribution in [1.82, 2.24) is 29.3 Å². The fourth-order valence-corrected chi connectivity index (χ4v) is 3.61. The van der Waals surface area contributed by atoms with Crippen LogP contribution in [0.1, 0.15) is 25.6 Å². The van der Waals surface area contributed by atoms with E-state index < -0.39 is 0 Å². The number of thioether (sulfide) groups is 1. The van der Waals surface area contributed by atoms with Gasteiger partial charge in [-0.05, 0) is 18.1 Å². The zero-order valence-electron chi connectivity index (χ0n) is 14.7. The number of rotatable bonds is 5. The molecule has 0 aliphatic carbocycles. The van der Waals surface area contributed by atoms with E-state index in [0.29, 0.717) is 33.9 Å². The van der Waals surface area contributed by atoms with Crippen molar-refractivity contribution in [3.63, 3.8) is 0 Å². The van der Waals surface area contributed by atoms with E-state index in [0.717, 1.165) is 17.8 Å². The first kappa shape index (κ1) is 16.8. The van der Waals surface area contributed by atoms with Crippen LogP contribution in [0.25, 0.3) is 16.7 Å². The Kier molecular flexibility index (Phi) is 4.23. The van der Waals surface area contributed by atoms with E-state index in [9.17, 15) is 4.79 Å². The summed E-state index contributed by atoms with van der Waals surface area (Å²) in [4.78, 5) is 16.9. The van der Waals surface area contributed by atoms with Crippen LogP contribution in [-0.4, -0.2) is 29.3 Å². The molecule has 0 fully saturated rings. The summed E-state index contributed by atoms with van der Waals surface area (Å²) < 4.78 is 8.70. The van der Waals surface area contributed by atoms with Gasteiger partial charge in [0.05, 0.1) is 16.7 Å². The van der Waals surface area contributed by atoms with Crippen molar-refractivity contribution in [3.05, 3.63) is 46.3 Å². The van der Waals surface area contributed by atoms with Crippen LogP contribution in [-0.2, 0) is 19.2 Å². The number of aromatic nitrogens is 6. The van der Waals surface area contributed by atoms with E-state index in [1.807, 2.05) is 28.7 Å². The molecule has 4 rings (SSSR count). The summed E-state index contributed by atoms with van der Waals surface area (Å²) in [5.74, 6) is 2.73. The number of fused-ring (bicyclic) bond motifs is 3. The zero-order valence-corrected chi connectivity index (χ0v) is 15.5. The minimum absolute atomic E-state index is 0.0905. The number of benzene rings is 1. The van der Waals surface area contributed by atoms with Gasteiger partial charge in [-0.25, -0.2) is 0 Å². The predicted octanol–water partition coefficient (Wildman–Crippen LogP) is 2.46. The van der Waals surface area contributed by atoms with Gasteiger partial charge in [0.2, 0.25) is 11.7 Å². The Hall–Kier alpha value is -2.68. The maximum absolute atomic E-state index is 12.5. The average molecular weight is 370 g/mol. The Morgan fingerprint density at radius 3 is 2.85 bits per heavy atom. The van der Waals surface area contributed by atoms with Crippen LogP contribution in [0.3, 0.4) is 0 Å². The molecule has 8 nitrogen and oxygen atoms in total. The number of para-hydroxylation sites is 1. The van der Waals surface area contributed by atoms with E-state index in [2.05, 4.69) is 34.2 Å². The van der Waals surface area contributed by atoms with Gasteiger partial charge in [0.1, 0.15) is 0 Å². The molecule has 4 aromatic rings. The van der Waals surface area contributed by atoms with Crippen molar-refractivity contribution < 1.29 is 4.52 Å². The molecule has 0 saturated heterocycles. The maximum Gasteiger partial charge on any atom is 0.262 e. The van der Waals surface area contributed by atoms with E-state index >= 15 is 0 Å². The van der Waals surface area contributed by atoms with Gasteiger partial charge in [0, 0.05) is 13.5 Å². The minimum atomic E-state index is -0.0905. The van der Waals surface area contributed by atoms with Crippen molar-refractivity contribution in [1.29, 1.82) is 0 Å². The van der Waals surface area contributed by atoms with Crippen molar-refractivity contribution in [2.24, 2.45) is 13.0 Å². The van der Waals surface area contributed by atoms with Crippen LogP contribution in [0.5, 0.6) is 0 Å². The molecule has 0 aliphatic heterocycles. The Morgan fingerprint density at radius 2 is 2.04 bits per heavy atom. The largest absolute Gasteiger partial charge is 0.338 e. The summed E-state index contributed by atoms with van der Waals surface area (Å²) in [5, 5.41) is 13.7. The highest BCUT2D eigenvalue weighted by Crippen LogP contribution is 2.24. The van der Waals surface area contributed by atoms with Gasteiger partial charge < -0.3 is 4.52 Å². The molecule has 134 valence electrons. The third-order valence-corrected chi connectivity index (χ3v) is 4.94. The normalized spacial score (nSPS) is 11.8. The molecular formula is C17H18N6O2S. The first-order valence-corrected chi connectivity index (χ1v) is 9.30. The lowest BCUT2D eigenvalue weighted by Crippen LogP contribution is -2.20. The molecule has 3 aromatic heterocycles. The Labute approximate surface area is 153 Å². The van der Waals surface area contributed by atoms with E-state index in [1.165, 1.54) is 16.3 Å². The molecule has 0 radical (unpaired) electrons. The quantitative estimate of drug-likeness (QED) is 0.498. The Balaban J connectivity index is 1.69. The van der Waals surface area contributed by atoms with Crippen molar-refractivity contribution >= 4 is 28.4 Å². The molecule has 1 aromatic carbocycles. The van der Waals surface area contributed by atoms with Gasteiger partial charge >= 0.3 is 0 Å². The fourth-order valence-electron chi connectivity index (χ4n) is 2.83. The molecule has 0 spiro atoms. The average Bonchev–Trinajstić information content (AvgIpc) is 3.24. The number of nitrogens with zero attached hydrogens (tertiary/aromatic N) is 6. The monoisotopic (exact) mass is 370 g/mol. The lowest BCUT2D eigenvalue weighted by atomic mass is 10.1. The molecule has 0 amide bonds. The standard InChI is InChI=1S/C17H18N6O2S/c1-10(2)8-13-18-14(25-21-13)9-26-17-20-19-16-22(3)15(24)11-6-4-5-7-12(11)23(16)17/h4-7,10H,8-9H2,1-3H3. The first-order valence-electron chi connectivity index (χ1n) is 8.31. The zero-order chi connectivity index (χ0) is 18.3. The molecule has 26 heavy (non-hydrogen) atoms. The second-order valence-corrected chi connectivity index (χ2v) is 7.43. The van der Waals surface area contributed by atoms with Gasteiger partial charge in [0.15, 0.2) is 11.0 Å². The Morgan fingerprint density at radius 1 is 1.23 bits per heavy atom. The number of hydrogen-bond acceptors (Lipinski definition) is 7. The van der Waals surface area contributed by atoms with Crippen molar-refractivity contribution in [3.8, 4) is 0 Å². The van der Waals surface area contributed by atoms with Gasteiger partial charge in [-0.2, -0.15) is 4.98 Å². The first-order chi connectivity index (χ1) is 12.5. The van der Waals surface area contributed by atoms with E-state index in [4.69, 9.17) is 4.52 Å². The highest BCUT2D eigenvalue weighted by atomic mass is 32.2. The molecule has 3 heterocycles. The second-order valence-electron chi connectivity index (χ2n) is 6.49. The third kappa shape index (κ3) is 2.88. The summed E-state index contributed by atoms with van der Waals surface area (Å²) in [6.07, 6.45) is 0.786. The van der Waals surface area contributed by atoms with Crippen molar-refractivity contribution in [2.75, 3.05) is 0 Å². The van der Waals surface area contributed by atoms with Crippen molar-refractivity contribution in [2.45, 2.75) is 31.2 Å². The van der Waals surface area contributed by atoms with Crippen LogP contribution in [0.4, 0.5) is 0 Å². The highest BCUT2D eigenvalue weighted by Gasteiger charge is 2.16. The molecule has 0 atom stereocenters. The molecule has 0 N–H and O–H groups in total. The van der Waals surface area contributed by atoms with Crippen LogP contribution < -0.4 is 5.56 Å². The van der Waals surface area contributed by atoms with Crippen LogP contribution >= 0.6 is 11.8 Å².